The molecular weight excluding hydrogens is 168 g/mol. The average molecular weight is 186 g/mol. The first-order valence-corrected chi connectivity index (χ1v) is 4.88. The van der Waals surface area contributed by atoms with Crippen LogP contribution in [0.3, 0.4) is 0 Å². The van der Waals surface area contributed by atoms with Gasteiger partial charge >= 0.3 is 5.97 Å². The Kier molecular flexibility index (Phi) is 4.22. The first kappa shape index (κ1) is 10.5. The molecule has 13 heavy (non-hydrogen) atoms. The molecule has 0 aromatic carbocycles. The topological polar surface area (TPSA) is 35.5 Å². The van der Waals surface area contributed by atoms with E-state index in [1.807, 2.05) is 0 Å². The summed E-state index contributed by atoms with van der Waals surface area (Å²) in [6.07, 6.45) is 4.89. The average Bonchev–Trinajstić information content (AvgIpc) is 2.15. The predicted octanol–water partition coefficient (Wildman–Crippen LogP) is 1.75. The summed E-state index contributed by atoms with van der Waals surface area (Å²) in [5.74, 6) is 0.321. The Morgan fingerprint density at radius 1 is 1.46 bits per heavy atom. The molecular formula is C10H18O3. The Hall–Kier alpha value is -0.570. The molecule has 1 saturated carbocycles. The lowest BCUT2D eigenvalue weighted by Crippen LogP contribution is -2.25. The van der Waals surface area contributed by atoms with E-state index in [9.17, 15) is 4.79 Å². The minimum atomic E-state index is -0.181. The summed E-state index contributed by atoms with van der Waals surface area (Å²) in [4.78, 5) is 10.6. The minimum absolute atomic E-state index is 0.181. The zero-order valence-electron chi connectivity index (χ0n) is 8.41. The summed E-state index contributed by atoms with van der Waals surface area (Å²) in [6, 6.07) is 0. The first-order chi connectivity index (χ1) is 6.22. The molecule has 2 atom stereocenters. The quantitative estimate of drug-likeness (QED) is 0.630. The Morgan fingerprint density at radius 2 is 2.23 bits per heavy atom. The highest BCUT2D eigenvalue weighted by molar-refractivity contribution is 5.65. The third-order valence-electron chi connectivity index (χ3n) is 2.59. The second kappa shape index (κ2) is 5.22. The van der Waals surface area contributed by atoms with Crippen molar-refractivity contribution in [1.82, 2.24) is 0 Å². The molecule has 0 radical (unpaired) electrons. The lowest BCUT2D eigenvalue weighted by molar-refractivity contribution is -0.143. The van der Waals surface area contributed by atoms with Crippen molar-refractivity contribution in [3.05, 3.63) is 0 Å². The van der Waals surface area contributed by atoms with Crippen LogP contribution >= 0.6 is 0 Å². The minimum Gasteiger partial charge on any atom is -0.466 e. The molecule has 0 N–H and O–H groups in total. The van der Waals surface area contributed by atoms with Crippen LogP contribution in [0, 0.1) is 5.92 Å². The lowest BCUT2D eigenvalue weighted by atomic mass is 9.88. The van der Waals surface area contributed by atoms with Gasteiger partial charge < -0.3 is 9.47 Å². The summed E-state index contributed by atoms with van der Waals surface area (Å²) in [5.41, 5.74) is 0. The maximum Gasteiger partial charge on any atom is 0.302 e. The van der Waals surface area contributed by atoms with Crippen molar-refractivity contribution in [3.63, 3.8) is 0 Å². The molecule has 0 bridgehead atoms. The zero-order chi connectivity index (χ0) is 9.68. The number of carbonyl (C=O) groups excluding carboxylic acids is 1. The van der Waals surface area contributed by atoms with E-state index in [1.165, 1.54) is 13.3 Å². The molecule has 0 heterocycles. The summed E-state index contributed by atoms with van der Waals surface area (Å²) >= 11 is 0. The van der Waals surface area contributed by atoms with Gasteiger partial charge in [-0.1, -0.05) is 6.42 Å². The van der Waals surface area contributed by atoms with Gasteiger partial charge in [-0.15, -0.1) is 0 Å². The van der Waals surface area contributed by atoms with Crippen molar-refractivity contribution in [2.45, 2.75) is 38.7 Å². The van der Waals surface area contributed by atoms with Crippen LogP contribution in [0.25, 0.3) is 0 Å². The molecule has 2 unspecified atom stereocenters. The van der Waals surface area contributed by atoms with Gasteiger partial charge in [-0.3, -0.25) is 4.79 Å². The van der Waals surface area contributed by atoms with Gasteiger partial charge in [0.25, 0.3) is 0 Å². The van der Waals surface area contributed by atoms with Crippen molar-refractivity contribution < 1.29 is 14.3 Å². The largest absolute Gasteiger partial charge is 0.466 e. The summed E-state index contributed by atoms with van der Waals surface area (Å²) in [5, 5.41) is 0. The van der Waals surface area contributed by atoms with Crippen LogP contribution in [0.4, 0.5) is 0 Å². The highest BCUT2D eigenvalue weighted by Gasteiger charge is 2.22. The Bertz CT molecular complexity index is 168. The molecule has 1 fully saturated rings. The third-order valence-corrected chi connectivity index (χ3v) is 2.59. The molecule has 0 saturated heterocycles. The number of ether oxygens (including phenoxy) is 2. The molecule has 3 nitrogen and oxygen atoms in total. The monoisotopic (exact) mass is 186 g/mol. The van der Waals surface area contributed by atoms with E-state index < -0.39 is 0 Å². The second-order valence-corrected chi connectivity index (χ2v) is 3.69. The van der Waals surface area contributed by atoms with E-state index in [-0.39, 0.29) is 5.97 Å². The molecule has 1 aliphatic rings. The first-order valence-electron chi connectivity index (χ1n) is 4.88. The van der Waals surface area contributed by atoms with E-state index >= 15 is 0 Å². The van der Waals surface area contributed by atoms with Gasteiger partial charge in [0.2, 0.25) is 0 Å². The van der Waals surface area contributed by atoms with E-state index in [0.717, 1.165) is 19.3 Å². The number of hydrogen-bond acceptors (Lipinski definition) is 3. The molecule has 3 heteroatoms. The standard InChI is InChI=1S/C10H18O3/c1-8(11)13-7-9-4-3-5-10(6-9)12-2/h9-10H,3-7H2,1-2H3. The van der Waals surface area contributed by atoms with Gasteiger partial charge in [0.15, 0.2) is 0 Å². The van der Waals surface area contributed by atoms with Crippen LogP contribution in [0.5, 0.6) is 0 Å². The van der Waals surface area contributed by atoms with E-state index in [0.29, 0.717) is 18.6 Å². The van der Waals surface area contributed by atoms with Gasteiger partial charge in [0, 0.05) is 14.0 Å². The van der Waals surface area contributed by atoms with Crippen LogP contribution in [0.2, 0.25) is 0 Å². The van der Waals surface area contributed by atoms with Crippen molar-refractivity contribution in [2.24, 2.45) is 5.92 Å². The molecule has 0 amide bonds. The van der Waals surface area contributed by atoms with E-state index in [1.54, 1.807) is 7.11 Å². The van der Waals surface area contributed by atoms with Crippen molar-refractivity contribution >= 4 is 5.97 Å². The number of esters is 1. The Morgan fingerprint density at radius 3 is 2.85 bits per heavy atom. The van der Waals surface area contributed by atoms with Gasteiger partial charge in [0.05, 0.1) is 12.7 Å². The number of methoxy groups -OCH3 is 1. The molecule has 0 spiro atoms. The SMILES string of the molecule is COC1CCCC(COC(C)=O)C1. The fraction of sp³-hybridized carbons (Fsp3) is 0.900. The second-order valence-electron chi connectivity index (χ2n) is 3.69. The number of hydrogen-bond donors (Lipinski definition) is 0. The molecule has 76 valence electrons. The summed E-state index contributed by atoms with van der Waals surface area (Å²) in [6.45, 7) is 2.02. The fourth-order valence-electron chi connectivity index (χ4n) is 1.84. The van der Waals surface area contributed by atoms with Crippen LogP contribution in [0.1, 0.15) is 32.6 Å². The van der Waals surface area contributed by atoms with Crippen molar-refractivity contribution in [2.75, 3.05) is 13.7 Å². The highest BCUT2D eigenvalue weighted by atomic mass is 16.5. The lowest BCUT2D eigenvalue weighted by Gasteiger charge is -2.27. The van der Waals surface area contributed by atoms with Gasteiger partial charge in [-0.2, -0.15) is 0 Å². The zero-order valence-corrected chi connectivity index (χ0v) is 8.41. The number of rotatable bonds is 3. The molecule has 0 aliphatic heterocycles. The smallest absolute Gasteiger partial charge is 0.302 e. The third kappa shape index (κ3) is 3.77. The molecule has 0 aromatic heterocycles. The molecule has 1 rings (SSSR count). The fourth-order valence-corrected chi connectivity index (χ4v) is 1.84. The van der Waals surface area contributed by atoms with Crippen molar-refractivity contribution in [1.29, 1.82) is 0 Å². The highest BCUT2D eigenvalue weighted by Crippen LogP contribution is 2.25. The normalized spacial score (nSPS) is 28.5. The van der Waals surface area contributed by atoms with Crippen LogP contribution in [-0.2, 0) is 14.3 Å². The predicted molar refractivity (Wildman–Crippen MR) is 49.4 cm³/mol. The van der Waals surface area contributed by atoms with Gasteiger partial charge in [-0.05, 0) is 25.2 Å². The Labute approximate surface area is 79.4 Å². The summed E-state index contributed by atoms with van der Waals surface area (Å²) < 4.78 is 10.3. The maximum atomic E-state index is 10.6. The maximum absolute atomic E-state index is 10.6. The molecule has 0 aromatic rings. The van der Waals surface area contributed by atoms with Gasteiger partial charge in [0.1, 0.15) is 0 Å². The Balaban J connectivity index is 2.21. The summed E-state index contributed by atoms with van der Waals surface area (Å²) in [7, 11) is 1.75. The van der Waals surface area contributed by atoms with Crippen LogP contribution in [-0.4, -0.2) is 25.8 Å². The van der Waals surface area contributed by atoms with E-state index in [4.69, 9.17) is 9.47 Å². The molecule has 1 aliphatic carbocycles. The van der Waals surface area contributed by atoms with Crippen LogP contribution < -0.4 is 0 Å². The van der Waals surface area contributed by atoms with Gasteiger partial charge in [-0.25, -0.2) is 0 Å². The number of carbonyl (C=O) groups is 1. The van der Waals surface area contributed by atoms with E-state index in [2.05, 4.69) is 0 Å². The van der Waals surface area contributed by atoms with Crippen LogP contribution in [0.15, 0.2) is 0 Å². The van der Waals surface area contributed by atoms with Crippen molar-refractivity contribution in [3.8, 4) is 0 Å².